The van der Waals surface area contributed by atoms with Crippen molar-refractivity contribution >= 4 is 34.8 Å². The van der Waals surface area contributed by atoms with Crippen LogP contribution in [0.25, 0.3) is 0 Å². The summed E-state index contributed by atoms with van der Waals surface area (Å²) in [6.07, 6.45) is 2.54. The molecule has 2 aliphatic rings. The van der Waals surface area contributed by atoms with E-state index >= 15 is 0 Å². The molecule has 6 nitrogen and oxygen atoms in total. The molecule has 2 atom stereocenters. The number of anilines is 1. The fourth-order valence-electron chi connectivity index (χ4n) is 3.02. The first kappa shape index (κ1) is 14.7. The van der Waals surface area contributed by atoms with E-state index in [4.69, 9.17) is 11.6 Å². The van der Waals surface area contributed by atoms with Crippen LogP contribution in [-0.2, 0) is 9.59 Å². The standard InChI is InChI=1S/C15H13ClN2O4/c1-8-2-4-10(18(21)22)7-13(8)17-14(19)11-5-3-9(16)6-12(11)15(17)20/h2-4,7,11-12H,5-6H2,1H3. The van der Waals surface area contributed by atoms with Gasteiger partial charge in [-0.1, -0.05) is 23.7 Å². The van der Waals surface area contributed by atoms with Gasteiger partial charge in [0.1, 0.15) is 0 Å². The lowest BCUT2D eigenvalue weighted by Gasteiger charge is -2.17. The van der Waals surface area contributed by atoms with Gasteiger partial charge in [-0.25, -0.2) is 4.90 Å². The number of allylic oxidation sites excluding steroid dienone is 2. The highest BCUT2D eigenvalue weighted by Gasteiger charge is 2.49. The van der Waals surface area contributed by atoms with Crippen molar-refractivity contribution in [2.24, 2.45) is 11.8 Å². The largest absolute Gasteiger partial charge is 0.274 e. The molecule has 3 rings (SSSR count). The number of hydrogen-bond acceptors (Lipinski definition) is 4. The van der Waals surface area contributed by atoms with Crippen LogP contribution in [0, 0.1) is 28.9 Å². The van der Waals surface area contributed by atoms with E-state index in [9.17, 15) is 19.7 Å². The molecular formula is C15H13ClN2O4. The number of nitrogens with zero attached hydrogens (tertiary/aromatic N) is 2. The Hall–Kier alpha value is -2.21. The van der Waals surface area contributed by atoms with Crippen LogP contribution in [0.15, 0.2) is 29.3 Å². The van der Waals surface area contributed by atoms with Gasteiger partial charge < -0.3 is 0 Å². The van der Waals surface area contributed by atoms with Crippen molar-refractivity contribution in [1.29, 1.82) is 0 Å². The highest BCUT2D eigenvalue weighted by Crippen LogP contribution is 2.42. The van der Waals surface area contributed by atoms with E-state index < -0.39 is 16.8 Å². The molecule has 0 spiro atoms. The van der Waals surface area contributed by atoms with Crippen LogP contribution in [0.3, 0.4) is 0 Å². The lowest BCUT2D eigenvalue weighted by atomic mass is 9.85. The first-order valence-electron chi connectivity index (χ1n) is 6.87. The average Bonchev–Trinajstić information content (AvgIpc) is 2.71. The van der Waals surface area contributed by atoms with Crippen LogP contribution in [0.2, 0.25) is 0 Å². The van der Waals surface area contributed by atoms with Crippen LogP contribution < -0.4 is 4.90 Å². The highest BCUT2D eigenvalue weighted by molar-refractivity contribution is 6.30. The van der Waals surface area contributed by atoms with Crippen LogP contribution in [0.5, 0.6) is 0 Å². The molecule has 22 heavy (non-hydrogen) atoms. The predicted octanol–water partition coefficient (Wildman–Crippen LogP) is 2.93. The van der Waals surface area contributed by atoms with Crippen LogP contribution in [0.4, 0.5) is 11.4 Å². The molecule has 1 aromatic rings. The summed E-state index contributed by atoms with van der Waals surface area (Å²) < 4.78 is 0. The molecule has 0 saturated carbocycles. The van der Waals surface area contributed by atoms with Crippen molar-refractivity contribution in [3.63, 3.8) is 0 Å². The number of rotatable bonds is 2. The summed E-state index contributed by atoms with van der Waals surface area (Å²) in [6.45, 7) is 1.72. The van der Waals surface area contributed by atoms with Gasteiger partial charge >= 0.3 is 0 Å². The molecule has 1 fully saturated rings. The number of nitro groups is 1. The minimum absolute atomic E-state index is 0.146. The van der Waals surface area contributed by atoms with E-state index in [0.717, 1.165) is 4.90 Å². The Morgan fingerprint density at radius 1 is 1.27 bits per heavy atom. The zero-order chi connectivity index (χ0) is 16.0. The highest BCUT2D eigenvalue weighted by atomic mass is 35.5. The maximum absolute atomic E-state index is 12.6. The zero-order valence-electron chi connectivity index (χ0n) is 11.8. The molecule has 1 aromatic carbocycles. The van der Waals surface area contributed by atoms with Crippen molar-refractivity contribution in [1.82, 2.24) is 0 Å². The molecule has 7 heteroatoms. The Balaban J connectivity index is 2.03. The smallest absolute Gasteiger partial charge is 0.271 e. The molecule has 1 saturated heterocycles. The molecule has 0 radical (unpaired) electrons. The number of fused-ring (bicyclic) bond motifs is 1. The van der Waals surface area contributed by atoms with Gasteiger partial charge in [-0.15, -0.1) is 0 Å². The number of amides is 2. The third kappa shape index (κ3) is 2.20. The number of hydrogen-bond donors (Lipinski definition) is 0. The molecular weight excluding hydrogens is 308 g/mol. The lowest BCUT2D eigenvalue weighted by molar-refractivity contribution is -0.384. The Labute approximate surface area is 131 Å². The number of imide groups is 1. The third-order valence-corrected chi connectivity index (χ3v) is 4.52. The molecule has 1 heterocycles. The van der Waals surface area contributed by atoms with Crippen LogP contribution in [0.1, 0.15) is 18.4 Å². The normalized spacial score (nSPS) is 24.3. The second-order valence-electron chi connectivity index (χ2n) is 5.54. The minimum atomic E-state index is -0.542. The van der Waals surface area contributed by atoms with E-state index in [1.807, 2.05) is 0 Å². The average molecular weight is 321 g/mol. The van der Waals surface area contributed by atoms with E-state index in [1.54, 1.807) is 19.1 Å². The van der Waals surface area contributed by atoms with E-state index in [2.05, 4.69) is 0 Å². The zero-order valence-corrected chi connectivity index (χ0v) is 12.5. The monoisotopic (exact) mass is 320 g/mol. The van der Waals surface area contributed by atoms with Crippen molar-refractivity contribution < 1.29 is 14.5 Å². The molecule has 0 bridgehead atoms. The fourth-order valence-corrected chi connectivity index (χ4v) is 3.27. The second-order valence-corrected chi connectivity index (χ2v) is 6.03. The summed E-state index contributed by atoms with van der Waals surface area (Å²) in [5.74, 6) is -1.53. The van der Waals surface area contributed by atoms with Crippen molar-refractivity contribution in [2.45, 2.75) is 19.8 Å². The summed E-state index contributed by atoms with van der Waals surface area (Å²) in [6, 6.07) is 4.17. The number of carbonyl (C=O) groups is 2. The molecule has 0 N–H and O–H groups in total. The molecule has 1 aliphatic carbocycles. The summed E-state index contributed by atoms with van der Waals surface area (Å²) in [4.78, 5) is 36.6. The number of carbonyl (C=O) groups excluding carboxylic acids is 2. The Kier molecular flexibility index (Phi) is 3.48. The van der Waals surface area contributed by atoms with Crippen molar-refractivity contribution in [3.8, 4) is 0 Å². The second kappa shape index (κ2) is 5.21. The molecule has 1 aliphatic heterocycles. The molecule has 2 amide bonds. The maximum Gasteiger partial charge on any atom is 0.271 e. The summed E-state index contributed by atoms with van der Waals surface area (Å²) in [5.41, 5.74) is 0.784. The third-order valence-electron chi connectivity index (χ3n) is 4.21. The van der Waals surface area contributed by atoms with E-state index in [1.165, 1.54) is 12.1 Å². The van der Waals surface area contributed by atoms with Crippen molar-refractivity contribution in [2.75, 3.05) is 4.90 Å². The summed E-state index contributed by atoms with van der Waals surface area (Å²) >= 11 is 5.98. The summed E-state index contributed by atoms with van der Waals surface area (Å²) in [5, 5.41) is 11.5. The van der Waals surface area contributed by atoms with Gasteiger partial charge in [0.15, 0.2) is 0 Å². The van der Waals surface area contributed by atoms with Gasteiger partial charge in [0, 0.05) is 17.2 Å². The van der Waals surface area contributed by atoms with Gasteiger partial charge in [0.25, 0.3) is 5.69 Å². The number of aryl methyl sites for hydroxylation is 1. The lowest BCUT2D eigenvalue weighted by Crippen LogP contribution is -2.31. The first-order valence-corrected chi connectivity index (χ1v) is 7.25. The topological polar surface area (TPSA) is 80.5 Å². The van der Waals surface area contributed by atoms with Crippen LogP contribution >= 0.6 is 11.6 Å². The number of halogens is 1. The Morgan fingerprint density at radius 2 is 1.95 bits per heavy atom. The van der Waals surface area contributed by atoms with E-state index in [0.29, 0.717) is 23.4 Å². The SMILES string of the molecule is Cc1ccc([N+](=O)[O-])cc1N1C(=O)C2CC=C(Cl)CC2C1=O. The minimum Gasteiger partial charge on any atom is -0.274 e. The number of benzene rings is 1. The van der Waals surface area contributed by atoms with Crippen LogP contribution in [-0.4, -0.2) is 16.7 Å². The summed E-state index contributed by atoms with van der Waals surface area (Å²) in [7, 11) is 0. The van der Waals surface area contributed by atoms with Gasteiger partial charge in [-0.05, 0) is 25.3 Å². The Bertz CT molecular complexity index is 728. The molecule has 0 aromatic heterocycles. The molecule has 2 unspecified atom stereocenters. The van der Waals surface area contributed by atoms with Gasteiger partial charge in [0.05, 0.1) is 22.4 Å². The Morgan fingerprint density at radius 3 is 2.64 bits per heavy atom. The number of non-ortho nitro benzene ring substituents is 1. The maximum atomic E-state index is 12.6. The van der Waals surface area contributed by atoms with Gasteiger partial charge in [-0.2, -0.15) is 0 Å². The predicted molar refractivity (Wildman–Crippen MR) is 80.5 cm³/mol. The van der Waals surface area contributed by atoms with Gasteiger partial charge in [-0.3, -0.25) is 19.7 Å². The fraction of sp³-hybridized carbons (Fsp3) is 0.333. The van der Waals surface area contributed by atoms with E-state index in [-0.39, 0.29) is 23.2 Å². The van der Waals surface area contributed by atoms with Gasteiger partial charge in [0.2, 0.25) is 11.8 Å². The molecule has 114 valence electrons. The quantitative estimate of drug-likeness (QED) is 0.476. The number of nitro benzene ring substituents is 1. The first-order chi connectivity index (χ1) is 10.4. The van der Waals surface area contributed by atoms with Crippen molar-refractivity contribution in [3.05, 3.63) is 45.0 Å².